The summed E-state index contributed by atoms with van der Waals surface area (Å²) in [5.74, 6) is -0.683. The maximum absolute atomic E-state index is 11.9. The van der Waals surface area contributed by atoms with Crippen LogP contribution < -0.4 is 10.6 Å². The molecular weight excluding hydrogens is 286 g/mol. The summed E-state index contributed by atoms with van der Waals surface area (Å²) in [6.07, 6.45) is 4.15. The number of pyridine rings is 1. The molecule has 1 fully saturated rings. The average molecular weight is 307 g/mol. The highest BCUT2D eigenvalue weighted by molar-refractivity contribution is 5.88. The van der Waals surface area contributed by atoms with Crippen molar-refractivity contribution in [2.45, 2.75) is 31.7 Å². The van der Waals surface area contributed by atoms with Gasteiger partial charge in [0, 0.05) is 19.3 Å². The predicted octanol–water partition coefficient (Wildman–Crippen LogP) is 1.65. The Bertz CT molecular complexity index is 535. The van der Waals surface area contributed by atoms with Gasteiger partial charge in [0.25, 0.3) is 0 Å². The van der Waals surface area contributed by atoms with Gasteiger partial charge in [-0.1, -0.05) is 0 Å². The molecule has 2 rings (SSSR count). The topological polar surface area (TPSA) is 101 Å². The minimum Gasteiger partial charge on any atom is -0.481 e. The number of aromatic nitrogens is 1. The van der Waals surface area contributed by atoms with E-state index in [-0.39, 0.29) is 18.0 Å². The quantitative estimate of drug-likeness (QED) is 0.742. The van der Waals surface area contributed by atoms with E-state index in [4.69, 9.17) is 9.84 Å². The van der Waals surface area contributed by atoms with Crippen molar-refractivity contribution in [3.8, 4) is 0 Å². The van der Waals surface area contributed by atoms with Crippen molar-refractivity contribution in [2.75, 3.05) is 19.0 Å². The largest absolute Gasteiger partial charge is 0.481 e. The van der Waals surface area contributed by atoms with E-state index in [0.717, 1.165) is 12.0 Å². The molecule has 0 unspecified atom stereocenters. The molecule has 2 atom stereocenters. The van der Waals surface area contributed by atoms with Crippen LogP contribution in [0.5, 0.6) is 0 Å². The Hall–Kier alpha value is -2.15. The SMILES string of the molecule is COCCc1ccnc(NC(=O)N[C@@H]2CC[C@H](C(=O)O)C2)c1. The summed E-state index contributed by atoms with van der Waals surface area (Å²) in [7, 11) is 1.64. The number of hydrogen-bond donors (Lipinski definition) is 3. The van der Waals surface area contributed by atoms with E-state index < -0.39 is 5.97 Å². The second kappa shape index (κ2) is 7.74. The first kappa shape index (κ1) is 16.2. The average Bonchev–Trinajstić information content (AvgIpc) is 2.94. The van der Waals surface area contributed by atoms with Crippen LogP contribution in [0.25, 0.3) is 0 Å². The van der Waals surface area contributed by atoms with E-state index in [9.17, 15) is 9.59 Å². The molecule has 0 spiro atoms. The lowest BCUT2D eigenvalue weighted by molar-refractivity contribution is -0.141. The molecule has 1 saturated carbocycles. The van der Waals surface area contributed by atoms with E-state index in [1.54, 1.807) is 19.4 Å². The molecule has 2 amide bonds. The Morgan fingerprint density at radius 2 is 2.27 bits per heavy atom. The van der Waals surface area contributed by atoms with Gasteiger partial charge < -0.3 is 15.2 Å². The maximum atomic E-state index is 11.9. The number of ether oxygens (including phenoxy) is 1. The molecule has 3 N–H and O–H groups in total. The summed E-state index contributed by atoms with van der Waals surface area (Å²) in [6.45, 7) is 0.605. The van der Waals surface area contributed by atoms with Crippen molar-refractivity contribution < 1.29 is 19.4 Å². The third-order valence-electron chi connectivity index (χ3n) is 3.78. The molecule has 22 heavy (non-hydrogen) atoms. The highest BCUT2D eigenvalue weighted by atomic mass is 16.5. The number of anilines is 1. The van der Waals surface area contributed by atoms with Gasteiger partial charge >= 0.3 is 12.0 Å². The molecule has 7 heteroatoms. The highest BCUT2D eigenvalue weighted by Gasteiger charge is 2.30. The maximum Gasteiger partial charge on any atom is 0.320 e. The molecule has 1 aromatic heterocycles. The van der Waals surface area contributed by atoms with Gasteiger partial charge in [0.15, 0.2) is 0 Å². The smallest absolute Gasteiger partial charge is 0.320 e. The summed E-state index contributed by atoms with van der Waals surface area (Å²) < 4.78 is 5.02. The number of aliphatic carboxylic acids is 1. The van der Waals surface area contributed by atoms with Crippen LogP contribution in [-0.4, -0.2) is 41.8 Å². The lowest BCUT2D eigenvalue weighted by Gasteiger charge is -2.13. The second-order valence-corrected chi connectivity index (χ2v) is 5.44. The van der Waals surface area contributed by atoms with Gasteiger partial charge in [0.1, 0.15) is 5.82 Å². The van der Waals surface area contributed by atoms with Crippen molar-refractivity contribution in [1.82, 2.24) is 10.3 Å². The number of carboxylic acid groups (broad SMARTS) is 1. The number of carbonyl (C=O) groups is 2. The Balaban J connectivity index is 1.83. The fourth-order valence-electron chi connectivity index (χ4n) is 2.59. The zero-order valence-electron chi connectivity index (χ0n) is 12.5. The fourth-order valence-corrected chi connectivity index (χ4v) is 2.59. The fraction of sp³-hybridized carbons (Fsp3) is 0.533. The van der Waals surface area contributed by atoms with Gasteiger partial charge in [-0.3, -0.25) is 10.1 Å². The lowest BCUT2D eigenvalue weighted by Crippen LogP contribution is -2.36. The van der Waals surface area contributed by atoms with Crippen LogP contribution in [0.3, 0.4) is 0 Å². The van der Waals surface area contributed by atoms with E-state index in [2.05, 4.69) is 15.6 Å². The van der Waals surface area contributed by atoms with E-state index >= 15 is 0 Å². The molecule has 0 bridgehead atoms. The van der Waals surface area contributed by atoms with E-state index in [1.807, 2.05) is 6.07 Å². The Morgan fingerprint density at radius 3 is 2.95 bits per heavy atom. The van der Waals surface area contributed by atoms with Crippen molar-refractivity contribution >= 4 is 17.8 Å². The van der Waals surface area contributed by atoms with Crippen molar-refractivity contribution in [2.24, 2.45) is 5.92 Å². The molecule has 1 aromatic rings. The lowest BCUT2D eigenvalue weighted by atomic mass is 10.1. The zero-order chi connectivity index (χ0) is 15.9. The first-order valence-electron chi connectivity index (χ1n) is 7.32. The van der Waals surface area contributed by atoms with Gasteiger partial charge in [-0.15, -0.1) is 0 Å². The summed E-state index contributed by atoms with van der Waals surface area (Å²) >= 11 is 0. The van der Waals surface area contributed by atoms with Crippen LogP contribution in [0.2, 0.25) is 0 Å². The second-order valence-electron chi connectivity index (χ2n) is 5.44. The van der Waals surface area contributed by atoms with Gasteiger partial charge in [-0.05, 0) is 43.4 Å². The first-order valence-corrected chi connectivity index (χ1v) is 7.32. The molecule has 0 radical (unpaired) electrons. The van der Waals surface area contributed by atoms with Crippen LogP contribution >= 0.6 is 0 Å². The van der Waals surface area contributed by atoms with Crippen LogP contribution in [0.15, 0.2) is 18.3 Å². The molecular formula is C15H21N3O4. The van der Waals surface area contributed by atoms with E-state index in [1.165, 1.54) is 0 Å². The van der Waals surface area contributed by atoms with Crippen molar-refractivity contribution in [1.29, 1.82) is 0 Å². The first-order chi connectivity index (χ1) is 10.6. The number of methoxy groups -OCH3 is 1. The van der Waals surface area contributed by atoms with Crippen LogP contribution in [0.1, 0.15) is 24.8 Å². The van der Waals surface area contributed by atoms with Gasteiger partial charge in [-0.25, -0.2) is 9.78 Å². The normalized spacial score (nSPS) is 20.6. The number of hydrogen-bond acceptors (Lipinski definition) is 4. The zero-order valence-corrected chi connectivity index (χ0v) is 12.5. The Kier molecular flexibility index (Phi) is 5.71. The molecule has 0 aromatic carbocycles. The van der Waals surface area contributed by atoms with Crippen LogP contribution in [0.4, 0.5) is 10.6 Å². The van der Waals surface area contributed by atoms with Crippen molar-refractivity contribution in [3.63, 3.8) is 0 Å². The summed E-state index contributed by atoms with van der Waals surface area (Å²) in [5, 5.41) is 14.4. The number of nitrogens with zero attached hydrogens (tertiary/aromatic N) is 1. The predicted molar refractivity (Wildman–Crippen MR) is 80.7 cm³/mol. The number of nitrogens with one attached hydrogen (secondary N) is 2. The standard InChI is InChI=1S/C15H21N3O4/c1-22-7-5-10-4-6-16-13(8-10)18-15(21)17-12-3-2-11(9-12)14(19)20/h4,6,8,11-12H,2-3,5,7,9H2,1H3,(H,19,20)(H2,16,17,18,21)/t11-,12+/m0/s1. The molecule has 7 nitrogen and oxygen atoms in total. The molecule has 1 aliphatic rings. The van der Waals surface area contributed by atoms with Crippen LogP contribution in [-0.2, 0) is 16.0 Å². The molecule has 0 saturated heterocycles. The number of rotatable bonds is 6. The molecule has 1 heterocycles. The third kappa shape index (κ3) is 4.70. The Morgan fingerprint density at radius 1 is 1.45 bits per heavy atom. The number of carbonyl (C=O) groups excluding carboxylic acids is 1. The number of urea groups is 1. The monoisotopic (exact) mass is 307 g/mol. The summed E-state index contributed by atoms with van der Waals surface area (Å²) in [6, 6.07) is 3.22. The molecule has 1 aliphatic carbocycles. The minimum atomic E-state index is -0.794. The highest BCUT2D eigenvalue weighted by Crippen LogP contribution is 2.25. The van der Waals surface area contributed by atoms with Crippen molar-refractivity contribution in [3.05, 3.63) is 23.9 Å². The molecule has 0 aliphatic heterocycles. The summed E-state index contributed by atoms with van der Waals surface area (Å²) in [5.41, 5.74) is 1.03. The number of amides is 2. The van der Waals surface area contributed by atoms with E-state index in [0.29, 0.717) is 31.7 Å². The third-order valence-corrected chi connectivity index (χ3v) is 3.78. The summed E-state index contributed by atoms with van der Waals surface area (Å²) in [4.78, 5) is 26.9. The van der Waals surface area contributed by atoms with Gasteiger partial charge in [0.2, 0.25) is 0 Å². The number of carboxylic acids is 1. The van der Waals surface area contributed by atoms with Gasteiger partial charge in [0.05, 0.1) is 12.5 Å². The molecule has 120 valence electrons. The minimum absolute atomic E-state index is 0.0993. The Labute approximate surface area is 129 Å². The van der Waals surface area contributed by atoms with Crippen LogP contribution in [0, 0.1) is 5.92 Å². The van der Waals surface area contributed by atoms with Gasteiger partial charge in [-0.2, -0.15) is 0 Å².